The fraction of sp³-hybridized carbons (Fsp3) is 0.273. The molecule has 2 N–H and O–H groups in total. The molecule has 0 aliphatic carbocycles. The molecular weight excluding hydrogens is 460 g/mol. The highest BCUT2D eigenvalue weighted by Crippen LogP contribution is 2.32. The zero-order valence-electron chi connectivity index (χ0n) is 17.9. The molecule has 2 amide bonds. The summed E-state index contributed by atoms with van der Waals surface area (Å²) >= 11 is 0.0752. The molecule has 0 bridgehead atoms. The fourth-order valence-corrected chi connectivity index (χ4v) is 5.30. The summed E-state index contributed by atoms with van der Waals surface area (Å²) in [5.41, 5.74) is 3.17. The molecule has 1 saturated heterocycles. The molecule has 11 heteroatoms. The predicted molar refractivity (Wildman–Crippen MR) is 129 cm³/mol. The van der Waals surface area contributed by atoms with Gasteiger partial charge in [0.1, 0.15) is 11.9 Å². The van der Waals surface area contributed by atoms with Gasteiger partial charge in [-0.2, -0.15) is 0 Å². The third kappa shape index (κ3) is 4.32. The summed E-state index contributed by atoms with van der Waals surface area (Å²) in [7, 11) is 0. The Balaban J connectivity index is 1.33. The molecule has 2 aliphatic rings. The number of anilines is 3. The molecule has 2 aliphatic heterocycles. The van der Waals surface area contributed by atoms with E-state index in [1.807, 2.05) is 12.1 Å². The molecule has 1 unspecified atom stereocenters. The van der Waals surface area contributed by atoms with Gasteiger partial charge in [-0.1, -0.05) is 6.07 Å². The van der Waals surface area contributed by atoms with Gasteiger partial charge >= 0.3 is 0 Å². The molecule has 1 aromatic carbocycles. The topological polar surface area (TPSA) is 114 Å². The third-order valence-corrected chi connectivity index (χ3v) is 7.46. The number of thiazole rings is 1. The van der Waals surface area contributed by atoms with E-state index >= 15 is 0 Å². The van der Waals surface area contributed by atoms with Crippen LogP contribution >= 0.6 is 11.3 Å². The number of piperazine rings is 1. The number of hydrogen-bond donors (Lipinski definition) is 2. The smallest absolute Gasteiger partial charge is 0.275 e. The second kappa shape index (κ2) is 9.10. The van der Waals surface area contributed by atoms with Crippen molar-refractivity contribution in [3.63, 3.8) is 0 Å². The van der Waals surface area contributed by atoms with E-state index in [0.29, 0.717) is 27.8 Å². The lowest BCUT2D eigenvalue weighted by Crippen LogP contribution is -2.43. The van der Waals surface area contributed by atoms with Crippen molar-refractivity contribution in [2.24, 2.45) is 0 Å². The number of aromatic nitrogens is 2. The van der Waals surface area contributed by atoms with Crippen molar-refractivity contribution < 1.29 is 14.1 Å². The molecule has 2 aromatic heterocycles. The number of carbonyl (C=O) groups is 2. The molecule has 1 atom stereocenters. The average Bonchev–Trinajstić information content (AvgIpc) is 3.45. The number of amides is 2. The van der Waals surface area contributed by atoms with Crippen molar-refractivity contribution in [3.8, 4) is 0 Å². The lowest BCUT2D eigenvalue weighted by atomic mass is 10.1. The van der Waals surface area contributed by atoms with Gasteiger partial charge in [-0.25, -0.2) is 4.98 Å². The molecule has 9 nitrogen and oxygen atoms in total. The number of fused-ring (bicyclic) bond motifs is 1. The first-order valence-corrected chi connectivity index (χ1v) is 12.9. The monoisotopic (exact) mass is 482 g/mol. The summed E-state index contributed by atoms with van der Waals surface area (Å²) in [6.45, 7) is 3.83. The number of rotatable bonds is 5. The number of hydrogen-bond acceptors (Lipinski definition) is 8. The highest BCUT2D eigenvalue weighted by molar-refractivity contribution is 7.90. The quantitative estimate of drug-likeness (QED) is 0.536. The summed E-state index contributed by atoms with van der Waals surface area (Å²) in [6.07, 6.45) is 4.93. The first kappa shape index (κ1) is 21.8. The van der Waals surface area contributed by atoms with E-state index < -0.39 is 11.2 Å². The molecule has 3 aromatic rings. The average molecular weight is 483 g/mol. The van der Waals surface area contributed by atoms with Crippen LogP contribution in [0.3, 0.4) is 0 Å². The van der Waals surface area contributed by atoms with Crippen LogP contribution < -0.4 is 20.4 Å². The van der Waals surface area contributed by atoms with Crippen LogP contribution in [0, 0.1) is 0 Å². The van der Waals surface area contributed by atoms with Crippen molar-refractivity contribution in [2.45, 2.75) is 11.4 Å². The number of benzene rings is 1. The van der Waals surface area contributed by atoms with Crippen LogP contribution in [0.4, 0.5) is 16.5 Å². The normalized spacial score (nSPS) is 16.6. The molecule has 170 valence electrons. The van der Waals surface area contributed by atoms with Crippen LogP contribution in [0.1, 0.15) is 26.4 Å². The molecule has 5 rings (SSSR count). The van der Waals surface area contributed by atoms with Crippen LogP contribution in [0.15, 0.2) is 46.9 Å². The van der Waals surface area contributed by atoms with Crippen molar-refractivity contribution in [1.29, 1.82) is 0 Å². The highest BCUT2D eigenvalue weighted by atomic mass is 32.2. The summed E-state index contributed by atoms with van der Waals surface area (Å²) in [5.74, 6) is -0.554. The van der Waals surface area contributed by atoms with E-state index in [2.05, 4.69) is 25.5 Å². The van der Waals surface area contributed by atoms with Gasteiger partial charge in [0.15, 0.2) is 10.0 Å². The molecule has 0 saturated carbocycles. The second-order valence-electron chi connectivity index (χ2n) is 7.76. The largest absolute Gasteiger partial charge is 0.612 e. The van der Waals surface area contributed by atoms with Gasteiger partial charge in [-0.3, -0.25) is 19.5 Å². The Kier molecular flexibility index (Phi) is 6.02. The number of nitrogens with zero attached hydrogens (tertiary/aromatic N) is 4. The van der Waals surface area contributed by atoms with Crippen LogP contribution in [0.5, 0.6) is 0 Å². The van der Waals surface area contributed by atoms with Gasteiger partial charge in [0.2, 0.25) is 0 Å². The lowest BCUT2D eigenvalue weighted by molar-refractivity contribution is 0.0991. The van der Waals surface area contributed by atoms with Crippen LogP contribution in [0.2, 0.25) is 0 Å². The van der Waals surface area contributed by atoms with Gasteiger partial charge in [0, 0.05) is 49.4 Å². The minimum Gasteiger partial charge on any atom is -0.612 e. The van der Waals surface area contributed by atoms with Crippen LogP contribution in [-0.4, -0.2) is 58.8 Å². The summed E-state index contributed by atoms with van der Waals surface area (Å²) in [5, 5.41) is 8.34. The van der Waals surface area contributed by atoms with Crippen molar-refractivity contribution >= 4 is 50.8 Å². The van der Waals surface area contributed by atoms with E-state index in [4.69, 9.17) is 0 Å². The van der Waals surface area contributed by atoms with Crippen LogP contribution in [-0.2, 0) is 17.7 Å². The maximum atomic E-state index is 12.9. The van der Waals surface area contributed by atoms with Crippen molar-refractivity contribution in [2.75, 3.05) is 47.6 Å². The van der Waals surface area contributed by atoms with E-state index in [0.717, 1.165) is 37.4 Å². The Morgan fingerprint density at radius 2 is 2.09 bits per heavy atom. The Morgan fingerprint density at radius 3 is 2.88 bits per heavy atom. The van der Waals surface area contributed by atoms with Crippen LogP contribution in [0.25, 0.3) is 0 Å². The van der Waals surface area contributed by atoms with Gasteiger partial charge in [-0.05, 0) is 28.9 Å². The zero-order chi connectivity index (χ0) is 22.9. The Bertz CT molecular complexity index is 1210. The minimum atomic E-state index is -1.17. The fourth-order valence-electron chi connectivity index (χ4n) is 3.96. The van der Waals surface area contributed by atoms with Gasteiger partial charge in [-0.15, -0.1) is 11.3 Å². The van der Waals surface area contributed by atoms with E-state index in [1.54, 1.807) is 41.1 Å². The summed E-state index contributed by atoms with van der Waals surface area (Å²) in [4.78, 5) is 38.8. The number of carbonyl (C=O) groups excluding carboxylic acids is 2. The Labute approximate surface area is 198 Å². The lowest BCUT2D eigenvalue weighted by Gasteiger charge is -2.30. The Hall–Kier alpha value is -2.99. The van der Waals surface area contributed by atoms with E-state index in [-0.39, 0.29) is 17.5 Å². The maximum absolute atomic E-state index is 12.9. The molecule has 33 heavy (non-hydrogen) atoms. The number of nitrogens with one attached hydrogen (secondary N) is 2. The van der Waals surface area contributed by atoms with Gasteiger partial charge in [0.05, 0.1) is 24.1 Å². The standard InChI is InChI=1S/C22H22N6O3S2/c1-33(31)15-3-2-14-12-28(21(30)16(14)10-15)22-26-18(13-32-22)20(29)25-17-11-24-5-4-19(17)27-8-6-23-7-9-27/h2-5,10-11,13,23H,6-9,12H2,1H3,(H,25,29). The predicted octanol–water partition coefficient (Wildman–Crippen LogP) is 2.10. The number of pyridine rings is 1. The molecule has 0 spiro atoms. The molecule has 4 heterocycles. The van der Waals surface area contributed by atoms with E-state index in [1.165, 1.54) is 11.3 Å². The third-order valence-electron chi connectivity index (χ3n) is 5.68. The minimum absolute atomic E-state index is 0.202. The zero-order valence-corrected chi connectivity index (χ0v) is 19.5. The first-order valence-electron chi connectivity index (χ1n) is 10.5. The second-order valence-corrected chi connectivity index (χ2v) is 9.98. The SMILES string of the molecule is C[S+]([O-])c1ccc2c(c1)C(=O)N(c1nc(C(=O)Nc3cnccc3N3CCNCC3)cs1)C2. The van der Waals surface area contributed by atoms with Crippen molar-refractivity contribution in [3.05, 3.63) is 58.9 Å². The summed E-state index contributed by atoms with van der Waals surface area (Å²) < 4.78 is 11.8. The van der Waals surface area contributed by atoms with E-state index in [9.17, 15) is 14.1 Å². The molecule has 1 fully saturated rings. The van der Waals surface area contributed by atoms with Gasteiger partial charge < -0.3 is 20.1 Å². The maximum Gasteiger partial charge on any atom is 0.275 e. The Morgan fingerprint density at radius 1 is 1.27 bits per heavy atom. The highest BCUT2D eigenvalue weighted by Gasteiger charge is 2.32. The van der Waals surface area contributed by atoms with Crippen molar-refractivity contribution in [1.82, 2.24) is 15.3 Å². The first-order chi connectivity index (χ1) is 16.0. The molecular formula is C22H22N6O3S2. The summed E-state index contributed by atoms with van der Waals surface area (Å²) in [6, 6.07) is 7.17. The molecule has 0 radical (unpaired) electrons. The van der Waals surface area contributed by atoms with Gasteiger partial charge in [0.25, 0.3) is 11.8 Å².